The van der Waals surface area contributed by atoms with Gasteiger partial charge in [-0.2, -0.15) is 0 Å². The van der Waals surface area contributed by atoms with E-state index in [0.29, 0.717) is 0 Å². The average Bonchev–Trinajstić information content (AvgIpc) is 2.38. The van der Waals surface area contributed by atoms with Gasteiger partial charge in [0.05, 0.1) is 0 Å². The first-order chi connectivity index (χ1) is 8.67. The minimum Gasteiger partial charge on any atom is -0.298 e. The number of aryl methyl sites for hydroxylation is 2. The first-order valence-corrected chi connectivity index (χ1v) is 6.55. The quantitative estimate of drug-likeness (QED) is 0.606. The van der Waals surface area contributed by atoms with Crippen LogP contribution in [0.1, 0.15) is 29.5 Å². The number of hydrogen-bond donors (Lipinski definition) is 0. The van der Waals surface area contributed by atoms with Crippen molar-refractivity contribution in [3.63, 3.8) is 0 Å². The Kier molecular flexibility index (Phi) is 3.87. The van der Waals surface area contributed by atoms with E-state index in [-0.39, 0.29) is 5.92 Å². The van der Waals surface area contributed by atoms with E-state index in [1.165, 1.54) is 16.7 Å². The summed E-state index contributed by atoms with van der Waals surface area (Å²) in [6, 6.07) is 6.38. The maximum Gasteiger partial charge on any atom is 0.147 e. The Labute approximate surface area is 113 Å². The largest absolute Gasteiger partial charge is 0.298 e. The Hall–Kier alpha value is -1.54. The fourth-order valence-electron chi connectivity index (χ4n) is 2.36. The van der Waals surface area contributed by atoms with Crippen LogP contribution in [-0.4, -0.2) is 11.2 Å². The number of aldehydes is 1. The molecular formula is C16H16OS. The molecule has 18 heavy (non-hydrogen) atoms. The number of thiocarbonyl (C=S) groups is 1. The van der Waals surface area contributed by atoms with E-state index in [9.17, 15) is 4.79 Å². The Morgan fingerprint density at radius 3 is 2.83 bits per heavy atom. The number of hydrogen-bond acceptors (Lipinski definition) is 2. The van der Waals surface area contributed by atoms with Crippen molar-refractivity contribution in [1.29, 1.82) is 0 Å². The minimum absolute atomic E-state index is 0.0580. The second-order valence-electron chi connectivity index (χ2n) is 4.53. The third-order valence-corrected chi connectivity index (χ3v) is 3.67. The summed E-state index contributed by atoms with van der Waals surface area (Å²) in [5, 5.41) is 0. The molecule has 1 aromatic rings. The van der Waals surface area contributed by atoms with Gasteiger partial charge in [-0.05, 0) is 30.5 Å². The summed E-state index contributed by atoms with van der Waals surface area (Å²) in [5.41, 5.74) is 4.38. The summed E-state index contributed by atoms with van der Waals surface area (Å²) in [5.74, 6) is -0.0580. The van der Waals surface area contributed by atoms with Gasteiger partial charge in [0.1, 0.15) is 6.29 Å². The first kappa shape index (κ1) is 12.9. The molecule has 0 heterocycles. The van der Waals surface area contributed by atoms with Crippen LogP contribution in [0.15, 0.2) is 42.0 Å². The lowest BCUT2D eigenvalue weighted by Crippen LogP contribution is -2.16. The number of rotatable bonds is 3. The van der Waals surface area contributed by atoms with Gasteiger partial charge in [-0.1, -0.05) is 55.1 Å². The molecule has 0 fully saturated rings. The van der Waals surface area contributed by atoms with Crippen LogP contribution in [-0.2, 0) is 11.2 Å². The molecule has 0 amide bonds. The van der Waals surface area contributed by atoms with Crippen LogP contribution >= 0.6 is 12.2 Å². The van der Waals surface area contributed by atoms with Crippen LogP contribution in [0.4, 0.5) is 0 Å². The maximum atomic E-state index is 11.2. The summed E-state index contributed by atoms with van der Waals surface area (Å²) in [6.45, 7) is 4.19. The maximum absolute atomic E-state index is 11.2. The molecule has 0 aromatic heterocycles. The van der Waals surface area contributed by atoms with Gasteiger partial charge < -0.3 is 0 Å². The molecule has 0 aliphatic heterocycles. The molecule has 1 aromatic carbocycles. The van der Waals surface area contributed by atoms with Crippen molar-refractivity contribution in [3.8, 4) is 0 Å². The van der Waals surface area contributed by atoms with Crippen molar-refractivity contribution in [2.45, 2.75) is 26.2 Å². The molecule has 1 nitrogen and oxygen atoms in total. The molecule has 1 atom stereocenters. The zero-order chi connectivity index (χ0) is 13.1. The molecule has 0 N–H and O–H groups in total. The van der Waals surface area contributed by atoms with Crippen LogP contribution < -0.4 is 0 Å². The molecule has 0 bridgehead atoms. The zero-order valence-electron chi connectivity index (χ0n) is 10.6. The molecule has 92 valence electrons. The summed E-state index contributed by atoms with van der Waals surface area (Å²) >= 11 is 5.42. The highest BCUT2D eigenvalue weighted by Crippen LogP contribution is 2.32. The lowest BCUT2D eigenvalue weighted by atomic mass is 9.82. The number of carbonyl (C=O) groups excluding carboxylic acids is 1. The average molecular weight is 256 g/mol. The minimum atomic E-state index is -0.0580. The van der Waals surface area contributed by atoms with E-state index in [0.717, 1.165) is 23.1 Å². The SMILES string of the molecule is CCc1ccc(C)cc1C1C(=S)C=CC=C1C=O. The van der Waals surface area contributed by atoms with Crippen LogP contribution in [0.2, 0.25) is 0 Å². The highest BCUT2D eigenvalue weighted by atomic mass is 32.1. The van der Waals surface area contributed by atoms with Crippen molar-refractivity contribution in [2.24, 2.45) is 0 Å². The molecule has 1 aliphatic carbocycles. The van der Waals surface area contributed by atoms with Crippen LogP contribution in [0.25, 0.3) is 0 Å². The van der Waals surface area contributed by atoms with E-state index in [1.807, 2.05) is 18.2 Å². The second-order valence-corrected chi connectivity index (χ2v) is 5.01. The van der Waals surface area contributed by atoms with Gasteiger partial charge in [0, 0.05) is 16.4 Å². The lowest BCUT2D eigenvalue weighted by molar-refractivity contribution is -0.105. The predicted molar refractivity (Wildman–Crippen MR) is 79.2 cm³/mol. The Bertz CT molecular complexity index is 552. The fourth-order valence-corrected chi connectivity index (χ4v) is 2.70. The molecule has 0 saturated heterocycles. The Morgan fingerprint density at radius 1 is 1.39 bits per heavy atom. The number of benzene rings is 1. The second kappa shape index (κ2) is 5.40. The first-order valence-electron chi connectivity index (χ1n) is 6.14. The van der Waals surface area contributed by atoms with E-state index < -0.39 is 0 Å². The highest BCUT2D eigenvalue weighted by Gasteiger charge is 2.23. The Morgan fingerprint density at radius 2 is 2.17 bits per heavy atom. The van der Waals surface area contributed by atoms with E-state index in [1.54, 1.807) is 0 Å². The molecular weight excluding hydrogens is 240 g/mol. The topological polar surface area (TPSA) is 17.1 Å². The summed E-state index contributed by atoms with van der Waals surface area (Å²) < 4.78 is 0. The van der Waals surface area contributed by atoms with Gasteiger partial charge in [0.15, 0.2) is 0 Å². The van der Waals surface area contributed by atoms with Crippen LogP contribution in [0.5, 0.6) is 0 Å². The smallest absolute Gasteiger partial charge is 0.147 e. The third-order valence-electron chi connectivity index (χ3n) is 3.30. The fraction of sp³-hybridized carbons (Fsp3) is 0.250. The molecule has 0 radical (unpaired) electrons. The highest BCUT2D eigenvalue weighted by molar-refractivity contribution is 7.80. The lowest BCUT2D eigenvalue weighted by Gasteiger charge is -2.22. The molecule has 2 rings (SSSR count). The standard InChI is InChI=1S/C16H16OS/c1-3-12-8-7-11(2)9-14(12)16-13(10-17)5-4-6-15(16)18/h4-10,16H,3H2,1-2H3. The van der Waals surface area contributed by atoms with Gasteiger partial charge in [-0.3, -0.25) is 4.79 Å². The van der Waals surface area contributed by atoms with Crippen LogP contribution in [0.3, 0.4) is 0 Å². The Balaban J connectivity index is 2.56. The number of allylic oxidation sites excluding steroid dienone is 4. The van der Waals surface area contributed by atoms with Gasteiger partial charge in [0.2, 0.25) is 0 Å². The van der Waals surface area contributed by atoms with Crippen LogP contribution in [0, 0.1) is 6.92 Å². The molecule has 1 unspecified atom stereocenters. The van der Waals surface area contributed by atoms with Crippen molar-refractivity contribution < 1.29 is 4.79 Å². The van der Waals surface area contributed by atoms with E-state index in [4.69, 9.17) is 12.2 Å². The molecule has 2 heteroatoms. The number of carbonyl (C=O) groups is 1. The van der Waals surface area contributed by atoms with Crippen molar-refractivity contribution in [2.75, 3.05) is 0 Å². The van der Waals surface area contributed by atoms with Gasteiger partial charge >= 0.3 is 0 Å². The third kappa shape index (κ3) is 2.34. The normalized spacial score (nSPS) is 18.7. The van der Waals surface area contributed by atoms with Gasteiger partial charge in [-0.15, -0.1) is 0 Å². The molecule has 0 saturated carbocycles. The van der Waals surface area contributed by atoms with E-state index in [2.05, 4.69) is 32.0 Å². The van der Waals surface area contributed by atoms with Gasteiger partial charge in [-0.25, -0.2) is 0 Å². The zero-order valence-corrected chi connectivity index (χ0v) is 11.5. The van der Waals surface area contributed by atoms with Crippen molar-refractivity contribution in [3.05, 3.63) is 58.7 Å². The summed E-state index contributed by atoms with van der Waals surface area (Å²) in [6.07, 6.45) is 7.49. The van der Waals surface area contributed by atoms with Gasteiger partial charge in [0.25, 0.3) is 0 Å². The molecule has 0 spiro atoms. The summed E-state index contributed by atoms with van der Waals surface area (Å²) in [4.78, 5) is 12.0. The monoisotopic (exact) mass is 256 g/mol. The summed E-state index contributed by atoms with van der Waals surface area (Å²) in [7, 11) is 0. The van der Waals surface area contributed by atoms with E-state index >= 15 is 0 Å². The predicted octanol–water partition coefficient (Wildman–Crippen LogP) is 3.71. The molecule has 1 aliphatic rings. The van der Waals surface area contributed by atoms with Crippen molar-refractivity contribution >= 4 is 23.4 Å². The van der Waals surface area contributed by atoms with Crippen molar-refractivity contribution in [1.82, 2.24) is 0 Å².